The summed E-state index contributed by atoms with van der Waals surface area (Å²) in [6.07, 6.45) is 1.68. The van der Waals surface area contributed by atoms with Crippen LogP contribution in [0.3, 0.4) is 0 Å². The van der Waals surface area contributed by atoms with Gasteiger partial charge in [-0.3, -0.25) is 9.69 Å². The van der Waals surface area contributed by atoms with Gasteiger partial charge in [0.25, 0.3) is 0 Å². The summed E-state index contributed by atoms with van der Waals surface area (Å²) in [5, 5.41) is 6.70. The van der Waals surface area contributed by atoms with E-state index < -0.39 is 0 Å². The number of rotatable bonds is 8. The van der Waals surface area contributed by atoms with Crippen LogP contribution in [0.15, 0.2) is 4.99 Å². The molecule has 0 unspecified atom stereocenters. The summed E-state index contributed by atoms with van der Waals surface area (Å²) in [6.45, 7) is 7.29. The second-order valence-corrected chi connectivity index (χ2v) is 7.19. The Morgan fingerprint density at radius 3 is 2.39 bits per heavy atom. The van der Waals surface area contributed by atoms with Gasteiger partial charge in [-0.05, 0) is 0 Å². The van der Waals surface area contributed by atoms with Crippen LogP contribution in [-0.2, 0) is 19.0 Å². The first-order chi connectivity index (χ1) is 13.0. The van der Waals surface area contributed by atoms with Gasteiger partial charge in [0.05, 0.1) is 18.8 Å². The number of carbonyl (C=O) groups is 1. The van der Waals surface area contributed by atoms with E-state index in [9.17, 15) is 4.79 Å². The number of methoxy groups -OCH3 is 1. The van der Waals surface area contributed by atoms with Crippen LogP contribution >= 0.6 is 24.0 Å². The van der Waals surface area contributed by atoms with Crippen LogP contribution in [0.5, 0.6) is 0 Å². The lowest BCUT2D eigenvalue weighted by Gasteiger charge is -2.36. The van der Waals surface area contributed by atoms with Crippen LogP contribution < -0.4 is 10.6 Å². The number of nitrogens with zero attached hydrogens (tertiary/aromatic N) is 3. The largest absolute Gasteiger partial charge is 0.381 e. The van der Waals surface area contributed by atoms with E-state index in [1.165, 1.54) is 0 Å². The number of carbonyl (C=O) groups excluding carboxylic acids is 1. The molecule has 2 rings (SSSR count). The first kappa shape index (κ1) is 25.3. The Kier molecular flexibility index (Phi) is 12.2. The smallest absolute Gasteiger partial charge is 0.243 e. The highest BCUT2D eigenvalue weighted by molar-refractivity contribution is 14.0. The molecule has 2 N–H and O–H groups in total. The zero-order valence-corrected chi connectivity index (χ0v) is 19.7. The van der Waals surface area contributed by atoms with Crippen LogP contribution in [0.25, 0.3) is 0 Å². The van der Waals surface area contributed by atoms with Crippen molar-refractivity contribution in [3.63, 3.8) is 0 Å². The molecule has 0 aromatic rings. The maximum absolute atomic E-state index is 11.9. The minimum Gasteiger partial charge on any atom is -0.381 e. The fourth-order valence-corrected chi connectivity index (χ4v) is 3.06. The molecule has 0 aromatic carbocycles. The molecule has 0 aliphatic carbocycles. The van der Waals surface area contributed by atoms with Crippen molar-refractivity contribution in [2.24, 2.45) is 4.99 Å². The molecule has 2 heterocycles. The number of aliphatic imine (C=N–C) groups is 1. The number of morpholine rings is 1. The summed E-state index contributed by atoms with van der Waals surface area (Å²) in [6, 6.07) is 0. The number of likely N-dealkylation sites (N-methyl/N-ethyl adjacent to an activating group) is 1. The maximum atomic E-state index is 11.9. The molecule has 2 saturated heterocycles. The second-order valence-electron chi connectivity index (χ2n) is 7.19. The van der Waals surface area contributed by atoms with E-state index in [4.69, 9.17) is 14.2 Å². The molecule has 1 amide bonds. The monoisotopic (exact) mass is 513 g/mol. The van der Waals surface area contributed by atoms with E-state index in [-0.39, 0.29) is 42.0 Å². The number of hydrogen-bond donors (Lipinski definition) is 2. The molecule has 0 radical (unpaired) electrons. The van der Waals surface area contributed by atoms with Crippen LogP contribution in [0, 0.1) is 0 Å². The van der Waals surface area contributed by atoms with E-state index in [2.05, 4.69) is 20.5 Å². The van der Waals surface area contributed by atoms with Gasteiger partial charge < -0.3 is 29.7 Å². The van der Waals surface area contributed by atoms with Crippen molar-refractivity contribution >= 4 is 35.8 Å². The van der Waals surface area contributed by atoms with Gasteiger partial charge in [0.1, 0.15) is 6.54 Å². The number of ether oxygens (including phenoxy) is 3. The minimum absolute atomic E-state index is 0. The van der Waals surface area contributed by atoms with E-state index in [0.29, 0.717) is 25.7 Å². The molecule has 10 heteroatoms. The first-order valence-electron chi connectivity index (χ1n) is 9.70. The second kappa shape index (κ2) is 13.5. The highest BCUT2D eigenvalue weighted by atomic mass is 127. The van der Waals surface area contributed by atoms with Crippen molar-refractivity contribution < 1.29 is 19.0 Å². The van der Waals surface area contributed by atoms with Gasteiger partial charge in [-0.2, -0.15) is 0 Å². The van der Waals surface area contributed by atoms with Gasteiger partial charge in [-0.25, -0.2) is 4.99 Å². The average molecular weight is 513 g/mol. The molecule has 2 fully saturated rings. The van der Waals surface area contributed by atoms with Crippen molar-refractivity contribution in [3.05, 3.63) is 0 Å². The van der Waals surface area contributed by atoms with E-state index >= 15 is 0 Å². The fraction of sp³-hybridized carbons (Fsp3) is 0.889. The highest BCUT2D eigenvalue weighted by Crippen LogP contribution is 2.23. The normalized spacial score (nSPS) is 20.2. The van der Waals surface area contributed by atoms with Gasteiger partial charge in [-0.1, -0.05) is 0 Å². The van der Waals surface area contributed by atoms with Gasteiger partial charge in [0.2, 0.25) is 5.91 Å². The lowest BCUT2D eigenvalue weighted by Crippen LogP contribution is -2.52. The van der Waals surface area contributed by atoms with Crippen LogP contribution in [0.4, 0.5) is 0 Å². The molecular weight excluding hydrogens is 477 g/mol. The Labute approximate surface area is 185 Å². The molecule has 0 spiro atoms. The molecule has 28 heavy (non-hydrogen) atoms. The zero-order valence-electron chi connectivity index (χ0n) is 17.4. The summed E-state index contributed by atoms with van der Waals surface area (Å²) in [4.78, 5) is 20.2. The number of halogens is 1. The number of guanidine groups is 1. The summed E-state index contributed by atoms with van der Waals surface area (Å²) in [5.41, 5.74) is -0.254. The van der Waals surface area contributed by atoms with Crippen molar-refractivity contribution in [3.8, 4) is 0 Å². The minimum atomic E-state index is -0.254. The van der Waals surface area contributed by atoms with Gasteiger partial charge in [-0.15, -0.1) is 24.0 Å². The maximum Gasteiger partial charge on any atom is 0.243 e. The summed E-state index contributed by atoms with van der Waals surface area (Å²) < 4.78 is 16.6. The Balaban J connectivity index is 0.00000392. The van der Waals surface area contributed by atoms with Gasteiger partial charge in [0.15, 0.2) is 5.96 Å². The van der Waals surface area contributed by atoms with E-state index in [0.717, 1.165) is 52.2 Å². The number of hydrogen-bond acceptors (Lipinski definition) is 6. The molecule has 2 aliphatic heterocycles. The third-order valence-electron chi connectivity index (χ3n) is 5.11. The van der Waals surface area contributed by atoms with Crippen LogP contribution in [0.2, 0.25) is 0 Å². The molecule has 0 saturated carbocycles. The lowest BCUT2D eigenvalue weighted by atomic mass is 9.94. The Hall–Kier alpha value is -0.690. The van der Waals surface area contributed by atoms with Crippen LogP contribution in [0.1, 0.15) is 12.8 Å². The predicted molar refractivity (Wildman–Crippen MR) is 119 cm³/mol. The molecule has 0 atom stereocenters. The summed E-state index contributed by atoms with van der Waals surface area (Å²) in [7, 11) is 5.21. The average Bonchev–Trinajstić information content (AvgIpc) is 2.70. The molecular formula is C18H36IN5O4. The third kappa shape index (κ3) is 8.76. The van der Waals surface area contributed by atoms with Gasteiger partial charge in [0, 0.05) is 80.0 Å². The highest BCUT2D eigenvalue weighted by Gasteiger charge is 2.32. The zero-order chi connectivity index (χ0) is 19.5. The Bertz CT molecular complexity index is 481. The summed E-state index contributed by atoms with van der Waals surface area (Å²) in [5.74, 6) is 0.609. The number of amides is 1. The SMILES string of the molecule is COC1(CNC(=NCC(=O)N(C)C)NCCN2CCOCC2)CCOCC1.I. The van der Waals surface area contributed by atoms with E-state index in [1.807, 2.05) is 0 Å². The molecule has 2 aliphatic rings. The fourth-order valence-electron chi connectivity index (χ4n) is 3.06. The molecule has 0 aromatic heterocycles. The van der Waals surface area contributed by atoms with Crippen LogP contribution in [-0.4, -0.2) is 114 Å². The quantitative estimate of drug-likeness (QED) is 0.263. The van der Waals surface area contributed by atoms with Crippen molar-refractivity contribution in [1.82, 2.24) is 20.4 Å². The standard InChI is InChI=1S/C18H35N5O4.HI/c1-22(2)16(24)14-20-17(19-6-7-23-8-12-27-13-9-23)21-15-18(25-3)4-10-26-11-5-18;/h4-15H2,1-3H3,(H2,19,20,21);1H. The lowest BCUT2D eigenvalue weighted by molar-refractivity contribution is -0.127. The predicted octanol–water partition coefficient (Wildman–Crippen LogP) is -0.244. The summed E-state index contributed by atoms with van der Waals surface area (Å²) >= 11 is 0. The molecule has 9 nitrogen and oxygen atoms in total. The van der Waals surface area contributed by atoms with Crippen molar-refractivity contribution in [2.75, 3.05) is 86.9 Å². The van der Waals surface area contributed by atoms with Crippen molar-refractivity contribution in [2.45, 2.75) is 18.4 Å². The number of nitrogens with one attached hydrogen (secondary N) is 2. The molecule has 164 valence electrons. The Morgan fingerprint density at radius 2 is 1.79 bits per heavy atom. The topological polar surface area (TPSA) is 87.7 Å². The van der Waals surface area contributed by atoms with Gasteiger partial charge >= 0.3 is 0 Å². The third-order valence-corrected chi connectivity index (χ3v) is 5.11. The molecule has 0 bridgehead atoms. The Morgan fingerprint density at radius 1 is 1.14 bits per heavy atom. The first-order valence-corrected chi connectivity index (χ1v) is 9.70. The van der Waals surface area contributed by atoms with E-state index in [1.54, 1.807) is 26.1 Å². The van der Waals surface area contributed by atoms with Crippen molar-refractivity contribution in [1.29, 1.82) is 0 Å².